The number of rotatable bonds is 6. The van der Waals surface area contributed by atoms with Gasteiger partial charge >= 0.3 is 0 Å². The van der Waals surface area contributed by atoms with Gasteiger partial charge in [0.1, 0.15) is 0 Å². The molecule has 74 valence electrons. The number of hydrogen-bond donors (Lipinski definition) is 1. The molecule has 0 heterocycles. The molecular formula is C11H19NO. The molecule has 0 aliphatic rings. The fourth-order valence-electron chi connectivity index (χ4n) is 1.13. The van der Waals surface area contributed by atoms with Crippen molar-refractivity contribution in [3.8, 4) is 0 Å². The Labute approximate surface area is 80.7 Å². The lowest BCUT2D eigenvalue weighted by Crippen LogP contribution is -2.47. The first kappa shape index (κ1) is 12.1. The SMILES string of the molecule is C=CCCC(=C)[C@@](C)(NC)C(C)=O. The van der Waals surface area contributed by atoms with Gasteiger partial charge in [0.25, 0.3) is 0 Å². The minimum atomic E-state index is -0.580. The van der Waals surface area contributed by atoms with Crippen LogP contribution in [0.3, 0.4) is 0 Å². The number of hydrogen-bond acceptors (Lipinski definition) is 2. The molecule has 1 atom stereocenters. The topological polar surface area (TPSA) is 29.1 Å². The zero-order chi connectivity index (χ0) is 10.5. The lowest BCUT2D eigenvalue weighted by atomic mass is 9.86. The number of allylic oxidation sites excluding steroid dienone is 1. The van der Waals surface area contributed by atoms with Gasteiger partial charge < -0.3 is 5.32 Å². The van der Waals surface area contributed by atoms with E-state index in [0.29, 0.717) is 0 Å². The van der Waals surface area contributed by atoms with Crippen molar-refractivity contribution in [3.05, 3.63) is 24.8 Å². The van der Waals surface area contributed by atoms with E-state index in [2.05, 4.69) is 18.5 Å². The molecule has 0 unspecified atom stereocenters. The first-order chi connectivity index (χ1) is 5.99. The molecule has 0 saturated heterocycles. The first-order valence-corrected chi connectivity index (χ1v) is 4.48. The molecule has 0 aromatic carbocycles. The van der Waals surface area contributed by atoms with Crippen molar-refractivity contribution < 1.29 is 4.79 Å². The Bertz CT molecular complexity index is 220. The van der Waals surface area contributed by atoms with Crippen LogP contribution >= 0.6 is 0 Å². The summed E-state index contributed by atoms with van der Waals surface area (Å²) in [5.74, 6) is 0.101. The van der Waals surface area contributed by atoms with E-state index in [0.717, 1.165) is 18.4 Å². The smallest absolute Gasteiger partial charge is 0.153 e. The molecule has 0 bridgehead atoms. The van der Waals surface area contributed by atoms with Crippen LogP contribution < -0.4 is 5.32 Å². The lowest BCUT2D eigenvalue weighted by molar-refractivity contribution is -0.121. The summed E-state index contributed by atoms with van der Waals surface area (Å²) in [6.45, 7) is 11.0. The largest absolute Gasteiger partial charge is 0.305 e. The van der Waals surface area contributed by atoms with E-state index in [-0.39, 0.29) is 5.78 Å². The summed E-state index contributed by atoms with van der Waals surface area (Å²) in [5.41, 5.74) is 0.339. The van der Waals surface area contributed by atoms with Crippen molar-refractivity contribution in [1.82, 2.24) is 5.32 Å². The molecule has 0 aromatic heterocycles. The standard InChI is InChI=1S/C11H19NO/c1-6-7-8-9(2)11(4,12-5)10(3)13/h6,12H,1-2,7-8H2,3-5H3/t11-/m1/s1. The zero-order valence-electron chi connectivity index (χ0n) is 8.81. The van der Waals surface area contributed by atoms with Crippen molar-refractivity contribution in [3.63, 3.8) is 0 Å². The third-order valence-electron chi connectivity index (χ3n) is 2.56. The minimum absolute atomic E-state index is 0.101. The van der Waals surface area contributed by atoms with Crippen LogP contribution in [0.1, 0.15) is 26.7 Å². The van der Waals surface area contributed by atoms with Gasteiger partial charge in [0, 0.05) is 0 Å². The van der Waals surface area contributed by atoms with Gasteiger partial charge in [-0.2, -0.15) is 0 Å². The van der Waals surface area contributed by atoms with E-state index in [9.17, 15) is 4.79 Å². The molecule has 0 rings (SSSR count). The first-order valence-electron chi connectivity index (χ1n) is 4.48. The fourth-order valence-corrected chi connectivity index (χ4v) is 1.13. The number of likely N-dealkylation sites (N-methyl/N-ethyl adjacent to an activating group) is 1. The summed E-state index contributed by atoms with van der Waals surface area (Å²) in [6, 6.07) is 0. The summed E-state index contributed by atoms with van der Waals surface area (Å²) < 4.78 is 0. The van der Waals surface area contributed by atoms with Crippen LogP contribution in [0, 0.1) is 0 Å². The van der Waals surface area contributed by atoms with E-state index in [4.69, 9.17) is 0 Å². The number of nitrogens with one attached hydrogen (secondary N) is 1. The van der Waals surface area contributed by atoms with Crippen molar-refractivity contribution >= 4 is 5.78 Å². The van der Waals surface area contributed by atoms with Crippen molar-refractivity contribution in [2.45, 2.75) is 32.2 Å². The summed E-state index contributed by atoms with van der Waals surface area (Å²) in [7, 11) is 1.78. The van der Waals surface area contributed by atoms with Crippen LogP contribution in [0.4, 0.5) is 0 Å². The molecule has 0 saturated carbocycles. The molecule has 2 heteroatoms. The zero-order valence-corrected chi connectivity index (χ0v) is 8.81. The Hall–Kier alpha value is -0.890. The Balaban J connectivity index is 4.47. The van der Waals surface area contributed by atoms with Crippen molar-refractivity contribution in [2.75, 3.05) is 7.05 Å². The molecule has 0 radical (unpaired) electrons. The third kappa shape index (κ3) is 2.81. The normalized spacial score (nSPS) is 14.7. The van der Waals surface area contributed by atoms with Crippen LogP contribution in [-0.2, 0) is 4.79 Å². The van der Waals surface area contributed by atoms with E-state index >= 15 is 0 Å². The Morgan fingerprint density at radius 1 is 1.62 bits per heavy atom. The molecular weight excluding hydrogens is 162 g/mol. The third-order valence-corrected chi connectivity index (χ3v) is 2.56. The molecule has 0 aliphatic carbocycles. The van der Waals surface area contributed by atoms with E-state index < -0.39 is 5.54 Å². The molecule has 0 aliphatic heterocycles. The van der Waals surface area contributed by atoms with Crippen LogP contribution in [0.5, 0.6) is 0 Å². The highest BCUT2D eigenvalue weighted by molar-refractivity contribution is 5.89. The van der Waals surface area contributed by atoms with E-state index in [1.807, 2.05) is 13.0 Å². The van der Waals surface area contributed by atoms with Crippen LogP contribution in [0.25, 0.3) is 0 Å². The van der Waals surface area contributed by atoms with E-state index in [1.54, 1.807) is 14.0 Å². The number of ketones is 1. The summed E-state index contributed by atoms with van der Waals surface area (Å²) in [4.78, 5) is 11.4. The lowest BCUT2D eigenvalue weighted by Gasteiger charge is -2.28. The number of carbonyl (C=O) groups excluding carboxylic acids is 1. The molecule has 13 heavy (non-hydrogen) atoms. The van der Waals surface area contributed by atoms with Crippen molar-refractivity contribution in [2.24, 2.45) is 0 Å². The molecule has 0 fully saturated rings. The highest BCUT2D eigenvalue weighted by atomic mass is 16.1. The van der Waals surface area contributed by atoms with Gasteiger partial charge in [-0.15, -0.1) is 6.58 Å². The van der Waals surface area contributed by atoms with Gasteiger partial charge in [-0.3, -0.25) is 4.79 Å². The highest BCUT2D eigenvalue weighted by Gasteiger charge is 2.29. The maximum atomic E-state index is 11.4. The summed E-state index contributed by atoms with van der Waals surface area (Å²) >= 11 is 0. The molecule has 2 nitrogen and oxygen atoms in total. The maximum absolute atomic E-state index is 11.4. The Morgan fingerprint density at radius 3 is 2.46 bits per heavy atom. The highest BCUT2D eigenvalue weighted by Crippen LogP contribution is 2.20. The minimum Gasteiger partial charge on any atom is -0.305 e. The fraction of sp³-hybridized carbons (Fsp3) is 0.545. The van der Waals surface area contributed by atoms with Crippen LogP contribution in [-0.4, -0.2) is 18.4 Å². The molecule has 0 spiro atoms. The van der Waals surface area contributed by atoms with Gasteiger partial charge in [0.15, 0.2) is 5.78 Å². The molecule has 0 amide bonds. The van der Waals surface area contributed by atoms with Gasteiger partial charge in [0.05, 0.1) is 5.54 Å². The van der Waals surface area contributed by atoms with Gasteiger partial charge in [0.2, 0.25) is 0 Å². The second-order valence-electron chi connectivity index (χ2n) is 3.36. The number of carbonyl (C=O) groups is 1. The Kier molecular flexibility index (Phi) is 4.63. The molecule has 1 N–H and O–H groups in total. The second-order valence-corrected chi connectivity index (χ2v) is 3.36. The second kappa shape index (κ2) is 4.97. The number of Topliss-reactive ketones (excluding diaryl/α,β-unsaturated/α-hetero) is 1. The van der Waals surface area contributed by atoms with Gasteiger partial charge in [-0.05, 0) is 39.3 Å². The molecule has 0 aromatic rings. The average Bonchev–Trinajstić information content (AvgIpc) is 2.12. The van der Waals surface area contributed by atoms with Crippen LogP contribution in [0.15, 0.2) is 24.8 Å². The summed E-state index contributed by atoms with van der Waals surface area (Å²) in [5, 5.41) is 3.00. The maximum Gasteiger partial charge on any atom is 0.153 e. The Morgan fingerprint density at radius 2 is 2.15 bits per heavy atom. The monoisotopic (exact) mass is 181 g/mol. The van der Waals surface area contributed by atoms with E-state index in [1.165, 1.54) is 0 Å². The van der Waals surface area contributed by atoms with Crippen molar-refractivity contribution in [1.29, 1.82) is 0 Å². The van der Waals surface area contributed by atoms with Gasteiger partial charge in [-0.1, -0.05) is 12.7 Å². The van der Waals surface area contributed by atoms with Crippen LogP contribution in [0.2, 0.25) is 0 Å². The predicted octanol–water partition coefficient (Wildman–Crippen LogP) is 2.08. The summed E-state index contributed by atoms with van der Waals surface area (Å²) in [6.07, 6.45) is 3.51. The predicted molar refractivity (Wildman–Crippen MR) is 56.7 cm³/mol. The quantitative estimate of drug-likeness (QED) is 0.636. The average molecular weight is 181 g/mol. The van der Waals surface area contributed by atoms with Gasteiger partial charge in [-0.25, -0.2) is 0 Å².